The summed E-state index contributed by atoms with van der Waals surface area (Å²) in [7, 11) is 0. The van der Waals surface area contributed by atoms with E-state index in [0.717, 1.165) is 16.8 Å². The van der Waals surface area contributed by atoms with Gasteiger partial charge in [-0.2, -0.15) is 0 Å². The SMILES string of the molecule is O=C(Nc1cccc(-c2cnc[nH]2)c1)C1CC(=O)N(Cc2ccncc2)C1. The fraction of sp³-hybridized carbons (Fsp3) is 0.200. The van der Waals surface area contributed by atoms with Crippen molar-refractivity contribution in [3.8, 4) is 11.3 Å². The Balaban J connectivity index is 1.40. The van der Waals surface area contributed by atoms with Crippen LogP contribution in [0.5, 0.6) is 0 Å². The van der Waals surface area contributed by atoms with Crippen LogP contribution >= 0.6 is 0 Å². The fourth-order valence-corrected chi connectivity index (χ4v) is 3.23. The molecule has 1 atom stereocenters. The molecule has 3 heterocycles. The number of anilines is 1. The molecule has 136 valence electrons. The van der Waals surface area contributed by atoms with Gasteiger partial charge in [-0.1, -0.05) is 12.1 Å². The van der Waals surface area contributed by atoms with Crippen LogP contribution in [0.3, 0.4) is 0 Å². The summed E-state index contributed by atoms with van der Waals surface area (Å²) in [6, 6.07) is 11.3. The first-order chi connectivity index (χ1) is 13.2. The van der Waals surface area contributed by atoms with Gasteiger partial charge in [0.25, 0.3) is 0 Å². The van der Waals surface area contributed by atoms with Gasteiger partial charge >= 0.3 is 0 Å². The molecule has 0 saturated carbocycles. The van der Waals surface area contributed by atoms with E-state index in [-0.39, 0.29) is 24.2 Å². The zero-order valence-electron chi connectivity index (χ0n) is 14.6. The van der Waals surface area contributed by atoms with Crippen LogP contribution in [0.4, 0.5) is 5.69 Å². The molecule has 0 aliphatic carbocycles. The van der Waals surface area contributed by atoms with Gasteiger partial charge in [0.2, 0.25) is 11.8 Å². The van der Waals surface area contributed by atoms with Crippen molar-refractivity contribution in [1.82, 2.24) is 19.9 Å². The van der Waals surface area contributed by atoms with E-state index in [1.54, 1.807) is 29.8 Å². The fourth-order valence-electron chi connectivity index (χ4n) is 3.23. The van der Waals surface area contributed by atoms with Gasteiger partial charge in [0.1, 0.15) is 0 Å². The molecule has 7 heteroatoms. The standard InChI is InChI=1S/C20H19N5O2/c26-19-9-16(12-25(19)11-14-4-6-21-7-5-14)20(27)24-17-3-1-2-15(8-17)18-10-22-13-23-18/h1-8,10,13,16H,9,11-12H2,(H,22,23)(H,24,27). The lowest BCUT2D eigenvalue weighted by molar-refractivity contribution is -0.128. The number of carbonyl (C=O) groups is 2. The lowest BCUT2D eigenvalue weighted by Crippen LogP contribution is -2.28. The van der Waals surface area contributed by atoms with Gasteiger partial charge in [0.15, 0.2) is 0 Å². The highest BCUT2D eigenvalue weighted by molar-refractivity contribution is 5.97. The Morgan fingerprint density at radius 2 is 2.07 bits per heavy atom. The molecule has 1 aliphatic rings. The number of hydrogen-bond donors (Lipinski definition) is 2. The Bertz CT molecular complexity index is 940. The molecule has 0 spiro atoms. The van der Waals surface area contributed by atoms with Gasteiger partial charge in [0.05, 0.1) is 24.1 Å². The summed E-state index contributed by atoms with van der Waals surface area (Å²) in [5.74, 6) is -0.490. The van der Waals surface area contributed by atoms with E-state index in [2.05, 4.69) is 20.3 Å². The molecular formula is C20H19N5O2. The number of carbonyl (C=O) groups excluding carboxylic acids is 2. The molecule has 27 heavy (non-hydrogen) atoms. The second kappa shape index (κ2) is 7.41. The first-order valence-corrected chi connectivity index (χ1v) is 8.75. The minimum Gasteiger partial charge on any atom is -0.345 e. The minimum absolute atomic E-state index is 0.00169. The maximum absolute atomic E-state index is 12.6. The summed E-state index contributed by atoms with van der Waals surface area (Å²) in [5.41, 5.74) is 3.52. The van der Waals surface area contributed by atoms with Gasteiger partial charge in [0, 0.05) is 43.2 Å². The van der Waals surface area contributed by atoms with E-state index in [4.69, 9.17) is 0 Å². The Labute approximate surface area is 156 Å². The molecule has 1 aliphatic heterocycles. The number of aromatic amines is 1. The molecule has 1 aromatic carbocycles. The number of likely N-dealkylation sites (tertiary alicyclic amines) is 1. The second-order valence-electron chi connectivity index (χ2n) is 6.57. The molecule has 0 radical (unpaired) electrons. The predicted molar refractivity (Wildman–Crippen MR) is 100 cm³/mol. The third kappa shape index (κ3) is 3.87. The molecular weight excluding hydrogens is 342 g/mol. The summed E-state index contributed by atoms with van der Waals surface area (Å²) >= 11 is 0. The molecule has 0 bridgehead atoms. The lowest BCUT2D eigenvalue weighted by atomic mass is 10.1. The average Bonchev–Trinajstić information content (AvgIpc) is 3.34. The predicted octanol–water partition coefficient (Wildman–Crippen LogP) is 2.46. The molecule has 2 amide bonds. The zero-order chi connectivity index (χ0) is 18.6. The molecule has 4 rings (SSSR count). The van der Waals surface area contributed by atoms with Crippen molar-refractivity contribution in [3.63, 3.8) is 0 Å². The topological polar surface area (TPSA) is 91.0 Å². The number of imidazole rings is 1. The number of H-pyrrole nitrogens is 1. The van der Waals surface area contributed by atoms with Gasteiger partial charge in [-0.25, -0.2) is 4.98 Å². The van der Waals surface area contributed by atoms with E-state index < -0.39 is 0 Å². The first kappa shape index (κ1) is 17.0. The monoisotopic (exact) mass is 361 g/mol. The largest absolute Gasteiger partial charge is 0.345 e. The number of pyridine rings is 1. The normalized spacial score (nSPS) is 16.5. The molecule has 2 aromatic heterocycles. The van der Waals surface area contributed by atoms with Gasteiger partial charge in [-0.3, -0.25) is 14.6 Å². The number of aromatic nitrogens is 3. The Morgan fingerprint density at radius 3 is 2.85 bits per heavy atom. The van der Waals surface area contributed by atoms with Crippen LogP contribution in [0.2, 0.25) is 0 Å². The van der Waals surface area contributed by atoms with Crippen molar-refractivity contribution in [3.05, 3.63) is 66.9 Å². The number of nitrogens with zero attached hydrogens (tertiary/aromatic N) is 3. The van der Waals surface area contributed by atoms with E-state index >= 15 is 0 Å². The van der Waals surface area contributed by atoms with Gasteiger partial charge in [-0.15, -0.1) is 0 Å². The molecule has 3 aromatic rings. The minimum atomic E-state index is -0.352. The van der Waals surface area contributed by atoms with Crippen molar-refractivity contribution in [2.24, 2.45) is 5.92 Å². The van der Waals surface area contributed by atoms with Gasteiger partial charge < -0.3 is 15.2 Å². The van der Waals surface area contributed by atoms with Crippen LogP contribution in [0.25, 0.3) is 11.3 Å². The van der Waals surface area contributed by atoms with Crippen molar-refractivity contribution < 1.29 is 9.59 Å². The number of amides is 2. The Morgan fingerprint density at radius 1 is 1.22 bits per heavy atom. The third-order valence-corrected chi connectivity index (χ3v) is 4.65. The Kier molecular flexibility index (Phi) is 4.65. The molecule has 1 saturated heterocycles. The summed E-state index contributed by atoms with van der Waals surface area (Å²) in [6.07, 6.45) is 6.98. The summed E-state index contributed by atoms with van der Waals surface area (Å²) in [6.45, 7) is 0.924. The molecule has 1 unspecified atom stereocenters. The van der Waals surface area contributed by atoms with Crippen molar-refractivity contribution in [2.45, 2.75) is 13.0 Å². The highest BCUT2D eigenvalue weighted by atomic mass is 16.2. The van der Waals surface area contributed by atoms with Crippen molar-refractivity contribution in [2.75, 3.05) is 11.9 Å². The van der Waals surface area contributed by atoms with Crippen LogP contribution in [-0.4, -0.2) is 38.2 Å². The number of rotatable bonds is 5. The van der Waals surface area contributed by atoms with E-state index in [1.165, 1.54) is 0 Å². The molecule has 7 nitrogen and oxygen atoms in total. The van der Waals surface area contributed by atoms with Crippen LogP contribution in [0.1, 0.15) is 12.0 Å². The number of hydrogen-bond acceptors (Lipinski definition) is 4. The highest BCUT2D eigenvalue weighted by Crippen LogP contribution is 2.24. The molecule has 1 fully saturated rings. The van der Waals surface area contributed by atoms with E-state index in [1.807, 2.05) is 36.4 Å². The maximum Gasteiger partial charge on any atom is 0.229 e. The van der Waals surface area contributed by atoms with Crippen LogP contribution < -0.4 is 5.32 Å². The highest BCUT2D eigenvalue weighted by Gasteiger charge is 2.34. The molecule has 2 N–H and O–H groups in total. The first-order valence-electron chi connectivity index (χ1n) is 8.75. The van der Waals surface area contributed by atoms with Crippen LogP contribution in [-0.2, 0) is 16.1 Å². The summed E-state index contributed by atoms with van der Waals surface area (Å²) < 4.78 is 0. The quantitative estimate of drug-likeness (QED) is 0.730. The summed E-state index contributed by atoms with van der Waals surface area (Å²) in [4.78, 5) is 37.7. The zero-order valence-corrected chi connectivity index (χ0v) is 14.6. The van der Waals surface area contributed by atoms with Gasteiger partial charge in [-0.05, 0) is 29.8 Å². The maximum atomic E-state index is 12.6. The average molecular weight is 361 g/mol. The number of benzene rings is 1. The van der Waals surface area contributed by atoms with Crippen LogP contribution in [0.15, 0.2) is 61.3 Å². The van der Waals surface area contributed by atoms with Crippen molar-refractivity contribution >= 4 is 17.5 Å². The lowest BCUT2D eigenvalue weighted by Gasteiger charge is -2.16. The van der Waals surface area contributed by atoms with Crippen LogP contribution in [0, 0.1) is 5.92 Å². The number of nitrogens with one attached hydrogen (secondary N) is 2. The van der Waals surface area contributed by atoms with E-state index in [9.17, 15) is 9.59 Å². The van der Waals surface area contributed by atoms with E-state index in [0.29, 0.717) is 18.8 Å². The van der Waals surface area contributed by atoms with Crippen molar-refractivity contribution in [1.29, 1.82) is 0 Å². The Hall–Kier alpha value is -3.48. The second-order valence-corrected chi connectivity index (χ2v) is 6.57. The third-order valence-electron chi connectivity index (χ3n) is 4.65. The summed E-state index contributed by atoms with van der Waals surface area (Å²) in [5, 5.41) is 2.93. The smallest absolute Gasteiger partial charge is 0.229 e.